The Morgan fingerprint density at radius 3 is 2.31 bits per heavy atom. The van der Waals surface area contributed by atoms with Gasteiger partial charge in [-0.25, -0.2) is 8.42 Å². The normalized spacial score (nSPS) is 12.4. The number of nitrogens with zero attached hydrogens (tertiary/aromatic N) is 1. The quantitative estimate of drug-likeness (QED) is 0.699. The molecule has 26 heavy (non-hydrogen) atoms. The fourth-order valence-corrected chi connectivity index (χ4v) is 3.99. The van der Waals surface area contributed by atoms with E-state index < -0.39 is 16.1 Å². The standard InChI is InChI=1S/C19H23ClN2O3S/c1-15(19(23)21-14-6-9-16-7-4-3-5-8-16)22(26(2,24)25)18-12-10-17(20)11-13-18/h3-5,7-8,10-13,15H,6,9,14H2,1-2H3,(H,21,23)/t15-/m0/s1. The molecule has 1 N–H and O–H groups in total. The molecule has 2 aromatic carbocycles. The van der Waals surface area contributed by atoms with Gasteiger partial charge in [-0.3, -0.25) is 9.10 Å². The Morgan fingerprint density at radius 1 is 1.12 bits per heavy atom. The lowest BCUT2D eigenvalue weighted by Gasteiger charge is -2.28. The van der Waals surface area contributed by atoms with E-state index >= 15 is 0 Å². The van der Waals surface area contributed by atoms with Crippen LogP contribution in [0.15, 0.2) is 54.6 Å². The van der Waals surface area contributed by atoms with Crippen LogP contribution in [0.2, 0.25) is 5.02 Å². The number of aryl methyl sites for hydroxylation is 1. The first-order valence-corrected chi connectivity index (χ1v) is 10.6. The van der Waals surface area contributed by atoms with Crippen molar-refractivity contribution in [2.75, 3.05) is 17.1 Å². The van der Waals surface area contributed by atoms with Crippen LogP contribution in [0.1, 0.15) is 18.9 Å². The highest BCUT2D eigenvalue weighted by Gasteiger charge is 2.28. The van der Waals surface area contributed by atoms with E-state index in [-0.39, 0.29) is 5.91 Å². The number of hydrogen-bond donors (Lipinski definition) is 1. The van der Waals surface area contributed by atoms with Gasteiger partial charge in [-0.2, -0.15) is 0 Å². The van der Waals surface area contributed by atoms with Crippen molar-refractivity contribution < 1.29 is 13.2 Å². The van der Waals surface area contributed by atoms with Crippen molar-refractivity contribution in [2.45, 2.75) is 25.8 Å². The average Bonchev–Trinajstić information content (AvgIpc) is 2.60. The molecule has 7 heteroatoms. The fourth-order valence-electron chi connectivity index (χ4n) is 2.69. The smallest absolute Gasteiger partial charge is 0.243 e. The first kappa shape index (κ1) is 20.3. The van der Waals surface area contributed by atoms with Gasteiger partial charge >= 0.3 is 0 Å². The van der Waals surface area contributed by atoms with E-state index in [1.54, 1.807) is 31.2 Å². The third kappa shape index (κ3) is 5.75. The van der Waals surface area contributed by atoms with Gasteiger partial charge < -0.3 is 5.32 Å². The number of nitrogens with one attached hydrogen (secondary N) is 1. The van der Waals surface area contributed by atoms with E-state index in [9.17, 15) is 13.2 Å². The van der Waals surface area contributed by atoms with Gasteiger partial charge in [-0.05, 0) is 49.6 Å². The molecule has 1 atom stereocenters. The molecule has 5 nitrogen and oxygen atoms in total. The summed E-state index contributed by atoms with van der Waals surface area (Å²) in [5, 5.41) is 3.32. The first-order chi connectivity index (χ1) is 12.3. The molecule has 0 unspecified atom stereocenters. The van der Waals surface area contributed by atoms with Gasteiger partial charge in [-0.15, -0.1) is 0 Å². The van der Waals surface area contributed by atoms with E-state index in [1.165, 1.54) is 5.56 Å². The maximum atomic E-state index is 12.4. The van der Waals surface area contributed by atoms with Crippen molar-refractivity contribution in [1.82, 2.24) is 5.32 Å². The van der Waals surface area contributed by atoms with Crippen molar-refractivity contribution in [3.05, 3.63) is 65.2 Å². The lowest BCUT2D eigenvalue weighted by atomic mass is 10.1. The monoisotopic (exact) mass is 394 g/mol. The zero-order valence-corrected chi connectivity index (χ0v) is 16.4. The van der Waals surface area contributed by atoms with Crippen LogP contribution in [0.3, 0.4) is 0 Å². The van der Waals surface area contributed by atoms with Gasteiger partial charge in [0.05, 0.1) is 11.9 Å². The molecule has 0 bridgehead atoms. The maximum absolute atomic E-state index is 12.4. The number of halogens is 1. The number of benzene rings is 2. The van der Waals surface area contributed by atoms with Crippen LogP contribution in [0, 0.1) is 0 Å². The Bertz CT molecular complexity index is 824. The van der Waals surface area contributed by atoms with E-state index in [0.717, 1.165) is 23.4 Å². The summed E-state index contributed by atoms with van der Waals surface area (Å²) >= 11 is 5.86. The van der Waals surface area contributed by atoms with Crippen molar-refractivity contribution >= 4 is 33.2 Å². The van der Waals surface area contributed by atoms with E-state index in [1.807, 2.05) is 30.3 Å². The molecule has 0 heterocycles. The number of anilines is 1. The van der Waals surface area contributed by atoms with Gasteiger partial charge in [0.15, 0.2) is 0 Å². The lowest BCUT2D eigenvalue weighted by molar-refractivity contribution is -0.121. The number of carbonyl (C=O) groups excluding carboxylic acids is 1. The number of rotatable bonds is 8. The molecular weight excluding hydrogens is 372 g/mol. The lowest BCUT2D eigenvalue weighted by Crippen LogP contribution is -2.48. The van der Waals surface area contributed by atoms with E-state index in [2.05, 4.69) is 5.32 Å². The Labute approximate surface area is 160 Å². The predicted molar refractivity (Wildman–Crippen MR) is 106 cm³/mol. The second kappa shape index (κ2) is 9.05. The summed E-state index contributed by atoms with van der Waals surface area (Å²) < 4.78 is 25.5. The van der Waals surface area contributed by atoms with Crippen molar-refractivity contribution in [3.8, 4) is 0 Å². The Kier molecular flexibility index (Phi) is 7.06. The molecule has 2 aromatic rings. The first-order valence-electron chi connectivity index (χ1n) is 8.35. The summed E-state index contributed by atoms with van der Waals surface area (Å²) in [6, 6.07) is 15.5. The molecule has 0 saturated carbocycles. The Balaban J connectivity index is 1.98. The van der Waals surface area contributed by atoms with Crippen LogP contribution in [0.4, 0.5) is 5.69 Å². The van der Waals surface area contributed by atoms with Crippen LogP contribution in [-0.4, -0.2) is 33.2 Å². The molecule has 0 spiro atoms. The summed E-state index contributed by atoms with van der Waals surface area (Å²) in [6.45, 7) is 2.05. The van der Waals surface area contributed by atoms with Crippen LogP contribution >= 0.6 is 11.6 Å². The largest absolute Gasteiger partial charge is 0.354 e. The number of carbonyl (C=O) groups is 1. The minimum absolute atomic E-state index is 0.335. The zero-order valence-electron chi connectivity index (χ0n) is 14.9. The molecule has 0 radical (unpaired) electrons. The Morgan fingerprint density at radius 2 is 1.73 bits per heavy atom. The van der Waals surface area contributed by atoms with E-state index in [0.29, 0.717) is 17.3 Å². The highest BCUT2D eigenvalue weighted by molar-refractivity contribution is 7.92. The maximum Gasteiger partial charge on any atom is 0.243 e. The van der Waals surface area contributed by atoms with Crippen molar-refractivity contribution in [3.63, 3.8) is 0 Å². The van der Waals surface area contributed by atoms with Gasteiger partial charge in [0.25, 0.3) is 0 Å². The summed E-state index contributed by atoms with van der Waals surface area (Å²) in [7, 11) is -3.62. The minimum Gasteiger partial charge on any atom is -0.354 e. The second-order valence-electron chi connectivity index (χ2n) is 6.09. The molecule has 1 amide bonds. The van der Waals surface area contributed by atoms with Crippen LogP contribution in [0.25, 0.3) is 0 Å². The molecule has 140 valence electrons. The number of sulfonamides is 1. The fraction of sp³-hybridized carbons (Fsp3) is 0.316. The summed E-state index contributed by atoms with van der Waals surface area (Å²) in [5.41, 5.74) is 1.61. The van der Waals surface area contributed by atoms with Crippen LogP contribution in [0.5, 0.6) is 0 Å². The SMILES string of the molecule is C[C@@H](C(=O)NCCCc1ccccc1)N(c1ccc(Cl)cc1)S(C)(=O)=O. The topological polar surface area (TPSA) is 66.5 Å². The van der Waals surface area contributed by atoms with E-state index in [4.69, 9.17) is 11.6 Å². The molecule has 0 fully saturated rings. The summed E-state index contributed by atoms with van der Waals surface area (Å²) in [6.07, 6.45) is 2.71. The third-order valence-corrected chi connectivity index (χ3v) is 5.45. The number of hydrogen-bond acceptors (Lipinski definition) is 3. The number of amides is 1. The van der Waals surface area contributed by atoms with Crippen molar-refractivity contribution in [2.24, 2.45) is 0 Å². The minimum atomic E-state index is -3.62. The second-order valence-corrected chi connectivity index (χ2v) is 8.39. The van der Waals surface area contributed by atoms with Crippen LogP contribution < -0.4 is 9.62 Å². The highest BCUT2D eigenvalue weighted by Crippen LogP contribution is 2.23. The Hall–Kier alpha value is -2.05. The van der Waals surface area contributed by atoms with Gasteiger partial charge in [0, 0.05) is 11.6 Å². The average molecular weight is 395 g/mol. The highest BCUT2D eigenvalue weighted by atomic mass is 35.5. The van der Waals surface area contributed by atoms with Crippen LogP contribution in [-0.2, 0) is 21.2 Å². The summed E-state index contributed by atoms with van der Waals surface area (Å²) in [5.74, 6) is -0.335. The molecule has 0 saturated heterocycles. The van der Waals surface area contributed by atoms with Crippen molar-refractivity contribution in [1.29, 1.82) is 0 Å². The van der Waals surface area contributed by atoms with Gasteiger partial charge in [0.1, 0.15) is 6.04 Å². The predicted octanol–water partition coefficient (Wildman–Crippen LogP) is 3.24. The zero-order chi connectivity index (χ0) is 19.2. The molecule has 0 aliphatic carbocycles. The van der Waals surface area contributed by atoms with Gasteiger partial charge in [0.2, 0.25) is 15.9 Å². The van der Waals surface area contributed by atoms with Gasteiger partial charge in [-0.1, -0.05) is 41.9 Å². The molecule has 0 aliphatic rings. The molecular formula is C19H23ClN2O3S. The molecule has 0 aromatic heterocycles. The third-order valence-electron chi connectivity index (χ3n) is 3.95. The summed E-state index contributed by atoms with van der Waals surface area (Å²) in [4.78, 5) is 12.4. The molecule has 2 rings (SSSR count). The molecule has 0 aliphatic heterocycles.